The van der Waals surface area contributed by atoms with Crippen molar-refractivity contribution in [1.29, 1.82) is 10.5 Å². The Labute approximate surface area is 307 Å². The molecule has 0 saturated carbocycles. The van der Waals surface area contributed by atoms with Crippen molar-refractivity contribution >= 4 is 37.9 Å². The van der Waals surface area contributed by atoms with Crippen LogP contribution in [0.4, 0.5) is 0 Å². The Hall–Kier alpha value is -7.21. The minimum atomic E-state index is 0.0914. The number of allylic oxidation sites excluding steroid dienone is 4. The Balaban J connectivity index is 1.12. The molecule has 0 N–H and O–H groups in total. The molecule has 0 radical (unpaired) electrons. The summed E-state index contributed by atoms with van der Waals surface area (Å²) >= 11 is 0. The highest BCUT2D eigenvalue weighted by Gasteiger charge is 2.23. The predicted molar refractivity (Wildman–Crippen MR) is 214 cm³/mol. The molecule has 2 atom stereocenters. The Kier molecular flexibility index (Phi) is 7.88. The van der Waals surface area contributed by atoms with Crippen molar-refractivity contribution in [1.82, 2.24) is 15.0 Å². The van der Waals surface area contributed by atoms with Gasteiger partial charge in [0, 0.05) is 22.6 Å². The summed E-state index contributed by atoms with van der Waals surface area (Å²) in [6.45, 7) is 2.24. The second-order valence-corrected chi connectivity index (χ2v) is 13.5. The minimum Gasteiger partial charge on any atom is -0.208 e. The average molecular weight is 678 g/mol. The largest absolute Gasteiger partial charge is 0.208 e. The van der Waals surface area contributed by atoms with Crippen molar-refractivity contribution in [3.63, 3.8) is 0 Å². The highest BCUT2D eigenvalue weighted by atomic mass is 15.0. The molecule has 8 aromatic rings. The highest BCUT2D eigenvalue weighted by Crippen LogP contribution is 2.39. The lowest BCUT2D eigenvalue weighted by molar-refractivity contribution is 0.637. The van der Waals surface area contributed by atoms with Gasteiger partial charge in [-0.2, -0.15) is 10.5 Å². The van der Waals surface area contributed by atoms with Crippen LogP contribution in [0.25, 0.3) is 71.8 Å². The fraction of sp³-hybridized carbons (Fsp3) is 0.0625. The normalized spacial score (nSPS) is 15.3. The molecule has 0 aliphatic heterocycles. The lowest BCUT2D eigenvalue weighted by Gasteiger charge is -2.24. The topological polar surface area (TPSA) is 86.2 Å². The van der Waals surface area contributed by atoms with E-state index in [1.807, 2.05) is 24.3 Å². The van der Waals surface area contributed by atoms with Gasteiger partial charge in [0.15, 0.2) is 17.5 Å². The summed E-state index contributed by atoms with van der Waals surface area (Å²) in [7, 11) is 0. The molecule has 0 bridgehead atoms. The standard InChI is InChI=1S/C48H31N5/c1-30-13-18-38(48-52-46(33-19-14-31(28-49)15-20-33)51-47(53-48)34-21-16-32(29-50)17-22-34)27-44(30)37-8-6-7-35(25-37)36-23-24-43-41-11-3-2-9-39(41)40-10-4-5-12-42(40)45(43)26-36/h2-27,30,44H,1H3. The first-order chi connectivity index (χ1) is 26.1. The van der Waals surface area contributed by atoms with Crippen LogP contribution in [0, 0.1) is 28.6 Å². The first kappa shape index (κ1) is 31.7. The first-order valence-corrected chi connectivity index (χ1v) is 17.7. The van der Waals surface area contributed by atoms with Gasteiger partial charge in [-0.1, -0.05) is 110 Å². The fourth-order valence-corrected chi connectivity index (χ4v) is 7.49. The Morgan fingerprint density at radius 3 is 1.53 bits per heavy atom. The molecule has 0 amide bonds. The van der Waals surface area contributed by atoms with E-state index in [9.17, 15) is 10.5 Å². The zero-order valence-electron chi connectivity index (χ0n) is 28.9. The highest BCUT2D eigenvalue weighted by molar-refractivity contribution is 6.25. The number of hydrogen-bond donors (Lipinski definition) is 0. The van der Waals surface area contributed by atoms with E-state index in [1.165, 1.54) is 49.0 Å². The number of rotatable bonds is 5. The van der Waals surface area contributed by atoms with Crippen molar-refractivity contribution in [2.24, 2.45) is 5.92 Å². The van der Waals surface area contributed by atoms with Crippen LogP contribution in [0.1, 0.15) is 35.4 Å². The molecule has 1 heterocycles. The van der Waals surface area contributed by atoms with Gasteiger partial charge >= 0.3 is 0 Å². The average Bonchev–Trinajstić information content (AvgIpc) is 3.23. The molecule has 1 aliphatic rings. The fourth-order valence-electron chi connectivity index (χ4n) is 7.49. The molecule has 0 fully saturated rings. The van der Waals surface area contributed by atoms with E-state index in [0.717, 1.165) is 16.7 Å². The molecule has 248 valence electrons. The van der Waals surface area contributed by atoms with Crippen LogP contribution in [-0.4, -0.2) is 15.0 Å². The maximum Gasteiger partial charge on any atom is 0.164 e. The van der Waals surface area contributed by atoms with Crippen LogP contribution in [-0.2, 0) is 0 Å². The van der Waals surface area contributed by atoms with E-state index in [4.69, 9.17) is 15.0 Å². The van der Waals surface area contributed by atoms with Crippen LogP contribution in [0.3, 0.4) is 0 Å². The van der Waals surface area contributed by atoms with Crippen LogP contribution in [0.5, 0.6) is 0 Å². The zero-order valence-corrected chi connectivity index (χ0v) is 28.9. The molecule has 5 heteroatoms. The van der Waals surface area contributed by atoms with E-state index in [1.54, 1.807) is 24.3 Å². The number of fused-ring (bicyclic) bond motifs is 6. The van der Waals surface area contributed by atoms with Gasteiger partial charge in [0.25, 0.3) is 0 Å². The number of benzene rings is 7. The molecular weight excluding hydrogens is 647 g/mol. The molecule has 7 aromatic carbocycles. The molecule has 9 rings (SSSR count). The van der Waals surface area contributed by atoms with E-state index in [2.05, 4.69) is 128 Å². The third-order valence-corrected chi connectivity index (χ3v) is 10.3. The van der Waals surface area contributed by atoms with E-state index >= 15 is 0 Å². The van der Waals surface area contributed by atoms with Gasteiger partial charge in [0.05, 0.1) is 23.3 Å². The lowest BCUT2D eigenvalue weighted by Crippen LogP contribution is -2.11. The van der Waals surface area contributed by atoms with Gasteiger partial charge < -0.3 is 0 Å². The smallest absolute Gasteiger partial charge is 0.164 e. The number of nitrogens with zero attached hydrogens (tertiary/aromatic N) is 5. The van der Waals surface area contributed by atoms with E-state index < -0.39 is 0 Å². The summed E-state index contributed by atoms with van der Waals surface area (Å²) in [5.74, 6) is 1.94. The number of hydrogen-bond acceptors (Lipinski definition) is 5. The Morgan fingerprint density at radius 2 is 0.962 bits per heavy atom. The van der Waals surface area contributed by atoms with Crippen LogP contribution >= 0.6 is 0 Å². The second kappa shape index (κ2) is 13.2. The van der Waals surface area contributed by atoms with Crippen molar-refractivity contribution in [2.75, 3.05) is 0 Å². The monoisotopic (exact) mass is 677 g/mol. The molecular formula is C48H31N5. The van der Waals surface area contributed by atoms with Crippen molar-refractivity contribution < 1.29 is 0 Å². The SMILES string of the molecule is CC1C=CC(c2nc(-c3ccc(C#N)cc3)nc(-c3ccc(C#N)cc3)n2)=CC1c1cccc(-c2ccc3c4ccccc4c4ccccc4c3c2)c1. The summed E-state index contributed by atoms with van der Waals surface area (Å²) in [5, 5.41) is 26.3. The van der Waals surface area contributed by atoms with Gasteiger partial charge in [0.2, 0.25) is 0 Å². The lowest BCUT2D eigenvalue weighted by atomic mass is 9.81. The summed E-state index contributed by atoms with van der Waals surface area (Å²) < 4.78 is 0. The van der Waals surface area contributed by atoms with Crippen LogP contribution < -0.4 is 0 Å². The minimum absolute atomic E-state index is 0.0914. The van der Waals surface area contributed by atoms with Gasteiger partial charge in [-0.3, -0.25) is 0 Å². The zero-order chi connectivity index (χ0) is 35.9. The van der Waals surface area contributed by atoms with Gasteiger partial charge in [0.1, 0.15) is 0 Å². The molecule has 2 unspecified atom stereocenters. The molecule has 1 aliphatic carbocycles. The Morgan fingerprint density at radius 1 is 0.472 bits per heavy atom. The van der Waals surface area contributed by atoms with Gasteiger partial charge in [-0.25, -0.2) is 15.0 Å². The summed E-state index contributed by atoms with van der Waals surface area (Å²) in [6.07, 6.45) is 6.60. The summed E-state index contributed by atoms with van der Waals surface area (Å²) in [6, 6.07) is 52.0. The molecule has 0 spiro atoms. The quantitative estimate of drug-likeness (QED) is 0.169. The summed E-state index contributed by atoms with van der Waals surface area (Å²) in [4.78, 5) is 14.8. The number of aromatic nitrogens is 3. The maximum atomic E-state index is 9.36. The Bertz CT molecular complexity index is 2760. The second-order valence-electron chi connectivity index (χ2n) is 13.5. The van der Waals surface area contributed by atoms with Crippen molar-refractivity contribution in [2.45, 2.75) is 12.8 Å². The van der Waals surface area contributed by atoms with Crippen LogP contribution in [0.2, 0.25) is 0 Å². The number of nitriles is 2. The summed E-state index contributed by atoms with van der Waals surface area (Å²) in [5.41, 5.74) is 7.19. The predicted octanol–water partition coefficient (Wildman–Crippen LogP) is 11.4. The van der Waals surface area contributed by atoms with E-state index in [-0.39, 0.29) is 11.8 Å². The third kappa shape index (κ3) is 5.81. The third-order valence-electron chi connectivity index (χ3n) is 10.3. The molecule has 53 heavy (non-hydrogen) atoms. The maximum absolute atomic E-state index is 9.36. The van der Waals surface area contributed by atoms with Gasteiger partial charge in [-0.15, -0.1) is 0 Å². The molecule has 5 nitrogen and oxygen atoms in total. The van der Waals surface area contributed by atoms with Crippen molar-refractivity contribution in [3.8, 4) is 46.0 Å². The van der Waals surface area contributed by atoms with Crippen molar-refractivity contribution in [3.05, 3.63) is 180 Å². The molecule has 1 aromatic heterocycles. The molecule has 0 saturated heterocycles. The van der Waals surface area contributed by atoms with E-state index in [0.29, 0.717) is 28.6 Å². The van der Waals surface area contributed by atoms with Crippen LogP contribution in [0.15, 0.2) is 158 Å². The van der Waals surface area contributed by atoms with Gasteiger partial charge in [-0.05, 0) is 110 Å². The first-order valence-electron chi connectivity index (χ1n) is 17.7.